The van der Waals surface area contributed by atoms with Gasteiger partial charge in [0.25, 0.3) is 0 Å². The molecule has 0 radical (unpaired) electrons. The summed E-state index contributed by atoms with van der Waals surface area (Å²) in [5.41, 5.74) is 22.3. The molecule has 14 aromatic carbocycles. The van der Waals surface area contributed by atoms with Crippen molar-refractivity contribution in [3.05, 3.63) is 344 Å². The van der Waals surface area contributed by atoms with Crippen molar-refractivity contribution in [1.29, 1.82) is 0 Å². The third-order valence-corrected chi connectivity index (χ3v) is 16.7. The highest BCUT2D eigenvalue weighted by atomic mass is 15.1. The molecule has 0 spiro atoms. The van der Waals surface area contributed by atoms with E-state index in [1.165, 1.54) is 116 Å². The average molecular weight is 1020 g/mol. The molecule has 0 N–H and O–H groups in total. The van der Waals surface area contributed by atoms with Crippen molar-refractivity contribution in [1.82, 2.24) is 0 Å². The van der Waals surface area contributed by atoms with Crippen LogP contribution in [-0.2, 0) is 5.41 Å². The second-order valence-electron chi connectivity index (χ2n) is 21.1. The Hall–Kier alpha value is -10.3. The standard InChI is InChI=1S/C79H53N/c1-5-20-59(21-6-1)77-73-31-16-15-29-69(73)70-49-43-63(52-74(70)78(77)60-22-7-2-8-23-60)58-41-46-67(47-42-58)80(66-44-39-56(40-45-66)55-33-35-57(36-34-55)62-38-37-54-19-13-14-24-61(54)51-62)68-48-50-72-71-30-17-18-32-75(71)79(76(72)53-68,64-25-9-3-10-26-64)65-27-11-4-12-28-65/h1-53H. The molecule has 0 unspecified atom stereocenters. The maximum absolute atomic E-state index is 2.46. The third kappa shape index (κ3) is 7.85. The number of rotatable bonds is 10. The fraction of sp³-hybridized carbons (Fsp3) is 0.0127. The summed E-state index contributed by atoms with van der Waals surface area (Å²) in [5, 5.41) is 7.49. The molecule has 0 fully saturated rings. The van der Waals surface area contributed by atoms with Crippen molar-refractivity contribution < 1.29 is 0 Å². The highest BCUT2D eigenvalue weighted by molar-refractivity contribution is 6.22. The van der Waals surface area contributed by atoms with E-state index in [2.05, 4.69) is 326 Å². The lowest BCUT2D eigenvalue weighted by molar-refractivity contribution is 0.768. The Kier molecular flexibility index (Phi) is 11.5. The second-order valence-corrected chi connectivity index (χ2v) is 21.1. The Morgan fingerprint density at radius 1 is 0.212 bits per heavy atom. The average Bonchev–Trinajstić information content (AvgIpc) is 4.05. The molecule has 0 atom stereocenters. The van der Waals surface area contributed by atoms with Gasteiger partial charge in [0.2, 0.25) is 0 Å². The van der Waals surface area contributed by atoms with E-state index in [1.54, 1.807) is 0 Å². The molecule has 0 saturated heterocycles. The van der Waals surface area contributed by atoms with Crippen LogP contribution in [0.25, 0.3) is 99.1 Å². The van der Waals surface area contributed by atoms with Crippen LogP contribution < -0.4 is 4.90 Å². The Balaban J connectivity index is 0.872. The van der Waals surface area contributed by atoms with Crippen LogP contribution >= 0.6 is 0 Å². The van der Waals surface area contributed by atoms with E-state index in [9.17, 15) is 0 Å². The van der Waals surface area contributed by atoms with Gasteiger partial charge >= 0.3 is 0 Å². The summed E-state index contributed by atoms with van der Waals surface area (Å²) in [6.07, 6.45) is 0. The molecule has 0 aliphatic heterocycles. The normalized spacial score (nSPS) is 12.3. The van der Waals surface area contributed by atoms with E-state index >= 15 is 0 Å². The summed E-state index contributed by atoms with van der Waals surface area (Å²) in [7, 11) is 0. The molecule has 0 heterocycles. The predicted molar refractivity (Wildman–Crippen MR) is 338 cm³/mol. The zero-order valence-corrected chi connectivity index (χ0v) is 44.0. The molecule has 14 aromatic rings. The van der Waals surface area contributed by atoms with E-state index in [0.717, 1.165) is 22.6 Å². The maximum atomic E-state index is 2.46. The van der Waals surface area contributed by atoms with E-state index in [1.807, 2.05) is 0 Å². The van der Waals surface area contributed by atoms with Gasteiger partial charge in [-0.3, -0.25) is 0 Å². The van der Waals surface area contributed by atoms with Crippen molar-refractivity contribution in [2.24, 2.45) is 0 Å². The minimum Gasteiger partial charge on any atom is -0.310 e. The Labute approximate surface area is 467 Å². The first-order valence-electron chi connectivity index (χ1n) is 27.7. The quantitative estimate of drug-likeness (QED) is 0.123. The van der Waals surface area contributed by atoms with Gasteiger partial charge in [-0.15, -0.1) is 0 Å². The van der Waals surface area contributed by atoms with Crippen LogP contribution in [0.4, 0.5) is 17.1 Å². The molecule has 1 heteroatoms. The summed E-state index contributed by atoms with van der Waals surface area (Å²) in [6, 6.07) is 119. The van der Waals surface area contributed by atoms with E-state index in [4.69, 9.17) is 0 Å². The molecule has 0 saturated carbocycles. The predicted octanol–water partition coefficient (Wildman–Crippen LogP) is 21.3. The lowest BCUT2D eigenvalue weighted by Gasteiger charge is -2.35. The van der Waals surface area contributed by atoms with Gasteiger partial charge in [0.1, 0.15) is 0 Å². The van der Waals surface area contributed by atoms with Gasteiger partial charge < -0.3 is 4.90 Å². The minimum atomic E-state index is -0.538. The van der Waals surface area contributed by atoms with Gasteiger partial charge in [0, 0.05) is 17.1 Å². The van der Waals surface area contributed by atoms with Gasteiger partial charge in [-0.1, -0.05) is 273 Å². The zero-order chi connectivity index (χ0) is 53.0. The number of nitrogens with zero attached hydrogens (tertiary/aromatic N) is 1. The number of hydrogen-bond acceptors (Lipinski definition) is 1. The monoisotopic (exact) mass is 1020 g/mol. The first-order chi connectivity index (χ1) is 39.7. The lowest BCUT2D eigenvalue weighted by atomic mass is 9.67. The van der Waals surface area contributed by atoms with E-state index in [-0.39, 0.29) is 0 Å². The summed E-state index contributed by atoms with van der Waals surface area (Å²) >= 11 is 0. The van der Waals surface area contributed by atoms with Crippen molar-refractivity contribution in [3.8, 4) is 66.8 Å². The minimum absolute atomic E-state index is 0.538. The topological polar surface area (TPSA) is 3.24 Å². The van der Waals surface area contributed by atoms with Crippen LogP contribution in [0.5, 0.6) is 0 Å². The molecular formula is C79H53N. The van der Waals surface area contributed by atoms with Crippen LogP contribution in [0, 0.1) is 0 Å². The fourth-order valence-electron chi connectivity index (χ4n) is 13.0. The van der Waals surface area contributed by atoms with Gasteiger partial charge in [0.05, 0.1) is 5.41 Å². The molecule has 0 bridgehead atoms. The Morgan fingerprint density at radius 3 is 1.24 bits per heavy atom. The van der Waals surface area contributed by atoms with Crippen molar-refractivity contribution >= 4 is 49.4 Å². The van der Waals surface area contributed by atoms with Crippen molar-refractivity contribution in [2.45, 2.75) is 5.41 Å². The molecule has 15 rings (SSSR count). The highest BCUT2D eigenvalue weighted by Crippen LogP contribution is 2.57. The molecule has 1 aliphatic carbocycles. The lowest BCUT2D eigenvalue weighted by Crippen LogP contribution is -2.28. The Morgan fingerprint density at radius 2 is 0.625 bits per heavy atom. The third-order valence-electron chi connectivity index (χ3n) is 16.7. The summed E-state index contributed by atoms with van der Waals surface area (Å²) in [6.45, 7) is 0. The van der Waals surface area contributed by atoms with E-state index < -0.39 is 5.41 Å². The molecular weight excluding hydrogens is 963 g/mol. The fourth-order valence-corrected chi connectivity index (χ4v) is 13.0. The molecule has 374 valence electrons. The molecule has 0 amide bonds. The first-order valence-corrected chi connectivity index (χ1v) is 27.7. The summed E-state index contributed by atoms with van der Waals surface area (Å²) < 4.78 is 0. The maximum Gasteiger partial charge on any atom is 0.0714 e. The Bertz CT molecular complexity index is 4550. The largest absolute Gasteiger partial charge is 0.310 e. The zero-order valence-electron chi connectivity index (χ0n) is 44.0. The van der Waals surface area contributed by atoms with Gasteiger partial charge in [-0.25, -0.2) is 0 Å². The second kappa shape index (κ2) is 19.6. The molecule has 1 aliphatic rings. The van der Waals surface area contributed by atoms with Crippen LogP contribution in [-0.4, -0.2) is 0 Å². The summed E-state index contributed by atoms with van der Waals surface area (Å²) in [5.74, 6) is 0. The van der Waals surface area contributed by atoms with Crippen LogP contribution in [0.15, 0.2) is 322 Å². The number of fused-ring (bicyclic) bond motifs is 7. The van der Waals surface area contributed by atoms with Crippen LogP contribution in [0.2, 0.25) is 0 Å². The smallest absolute Gasteiger partial charge is 0.0714 e. The SMILES string of the molecule is c1ccc(-c2c(-c3ccccc3)c3cc(-c4ccc(N(c5ccc(-c6ccc(-c7ccc8ccccc8c7)cc6)cc5)c5ccc6c(c5)C(c5ccccc5)(c5ccccc5)c5ccccc5-6)cc4)ccc3c3ccccc23)cc1. The van der Waals surface area contributed by atoms with Crippen molar-refractivity contribution in [3.63, 3.8) is 0 Å². The first kappa shape index (κ1) is 46.9. The van der Waals surface area contributed by atoms with Gasteiger partial charge in [-0.05, 0) is 170 Å². The number of benzene rings is 14. The molecule has 1 nitrogen and oxygen atoms in total. The number of anilines is 3. The number of hydrogen-bond donors (Lipinski definition) is 0. The summed E-state index contributed by atoms with van der Waals surface area (Å²) in [4.78, 5) is 2.44. The van der Waals surface area contributed by atoms with Crippen molar-refractivity contribution in [2.75, 3.05) is 4.90 Å². The van der Waals surface area contributed by atoms with E-state index in [0.29, 0.717) is 0 Å². The van der Waals surface area contributed by atoms with Crippen LogP contribution in [0.3, 0.4) is 0 Å². The van der Waals surface area contributed by atoms with Gasteiger partial charge in [0.15, 0.2) is 0 Å². The molecule has 80 heavy (non-hydrogen) atoms. The molecule has 0 aromatic heterocycles. The van der Waals surface area contributed by atoms with Gasteiger partial charge in [-0.2, -0.15) is 0 Å². The van der Waals surface area contributed by atoms with Crippen LogP contribution in [0.1, 0.15) is 22.3 Å². The highest BCUT2D eigenvalue weighted by Gasteiger charge is 2.46.